The Balaban J connectivity index is 1.63. The molecule has 6 heteroatoms. The Morgan fingerprint density at radius 1 is 1.04 bits per heavy atom. The molecule has 2 unspecified atom stereocenters. The van der Waals surface area contributed by atoms with Crippen LogP contribution < -0.4 is 0 Å². The average molecular weight is 383 g/mol. The van der Waals surface area contributed by atoms with Crippen molar-refractivity contribution in [3.05, 3.63) is 71.8 Å². The van der Waals surface area contributed by atoms with Crippen LogP contribution in [0.3, 0.4) is 0 Å². The zero-order chi connectivity index (χ0) is 19.9. The molecule has 1 aliphatic rings. The fourth-order valence-electron chi connectivity index (χ4n) is 3.17. The highest BCUT2D eigenvalue weighted by Gasteiger charge is 2.42. The Kier molecular flexibility index (Phi) is 6.79. The van der Waals surface area contributed by atoms with Crippen molar-refractivity contribution in [2.75, 3.05) is 13.2 Å². The summed E-state index contributed by atoms with van der Waals surface area (Å²) in [4.78, 5) is 26.6. The standard InChI is InChI=1S/C22H25NO5/c1-16-20(24)12-23(22(26)28-14-18-10-6-3-7-11-18)19(21(16)25)15-27-13-17-8-4-2-5-9-17/h2-11,16,19-20,24H,12-15H2,1H3/t16?,19-,20?/m1/s1. The van der Waals surface area contributed by atoms with Gasteiger partial charge in [-0.15, -0.1) is 0 Å². The largest absolute Gasteiger partial charge is 0.445 e. The van der Waals surface area contributed by atoms with Crippen LogP contribution in [0.4, 0.5) is 4.79 Å². The molecule has 6 nitrogen and oxygen atoms in total. The van der Waals surface area contributed by atoms with E-state index in [2.05, 4.69) is 0 Å². The number of amides is 1. The number of Topliss-reactive ketones (excluding diaryl/α,β-unsaturated/α-hetero) is 1. The Labute approximate surface area is 164 Å². The Bertz CT molecular complexity index is 780. The normalized spacial score (nSPS) is 22.1. The highest BCUT2D eigenvalue weighted by Crippen LogP contribution is 2.22. The topological polar surface area (TPSA) is 76.1 Å². The molecule has 2 aromatic rings. The zero-order valence-electron chi connectivity index (χ0n) is 15.9. The summed E-state index contributed by atoms with van der Waals surface area (Å²) in [5, 5.41) is 10.2. The minimum absolute atomic E-state index is 0.0416. The molecule has 0 spiro atoms. The highest BCUT2D eigenvalue weighted by atomic mass is 16.6. The summed E-state index contributed by atoms with van der Waals surface area (Å²) in [6, 6.07) is 18.1. The number of carbonyl (C=O) groups excluding carboxylic acids is 2. The molecule has 3 rings (SSSR count). The molecule has 1 aliphatic heterocycles. The van der Waals surface area contributed by atoms with Gasteiger partial charge in [0.05, 0.1) is 25.9 Å². The quantitative estimate of drug-likeness (QED) is 0.830. The van der Waals surface area contributed by atoms with E-state index in [0.717, 1.165) is 11.1 Å². The molecule has 0 radical (unpaired) electrons. The summed E-state index contributed by atoms with van der Waals surface area (Å²) in [5.41, 5.74) is 1.84. The van der Waals surface area contributed by atoms with Crippen LogP contribution in [-0.2, 0) is 27.5 Å². The van der Waals surface area contributed by atoms with Gasteiger partial charge >= 0.3 is 6.09 Å². The summed E-state index contributed by atoms with van der Waals surface area (Å²) in [7, 11) is 0. The molecule has 1 fully saturated rings. The average Bonchev–Trinajstić information content (AvgIpc) is 2.73. The Morgan fingerprint density at radius 3 is 2.21 bits per heavy atom. The number of ketones is 1. The summed E-state index contributed by atoms with van der Waals surface area (Å²) >= 11 is 0. The third-order valence-corrected chi connectivity index (χ3v) is 4.94. The smallest absolute Gasteiger partial charge is 0.410 e. The van der Waals surface area contributed by atoms with E-state index in [4.69, 9.17) is 9.47 Å². The van der Waals surface area contributed by atoms with E-state index in [1.165, 1.54) is 4.90 Å². The van der Waals surface area contributed by atoms with Gasteiger partial charge in [-0.1, -0.05) is 67.6 Å². The Hall–Kier alpha value is -2.70. The third kappa shape index (κ3) is 4.97. The maximum absolute atomic E-state index is 12.7. The lowest BCUT2D eigenvalue weighted by Gasteiger charge is -2.39. The van der Waals surface area contributed by atoms with Crippen LogP contribution >= 0.6 is 0 Å². The predicted octanol–water partition coefficient (Wildman–Crippen LogP) is 2.79. The minimum atomic E-state index is -0.915. The van der Waals surface area contributed by atoms with Crippen molar-refractivity contribution in [1.82, 2.24) is 4.90 Å². The van der Waals surface area contributed by atoms with Crippen LogP contribution in [-0.4, -0.2) is 47.2 Å². The van der Waals surface area contributed by atoms with Gasteiger partial charge in [0.1, 0.15) is 12.6 Å². The molecule has 1 saturated heterocycles. The van der Waals surface area contributed by atoms with Crippen LogP contribution in [0.2, 0.25) is 0 Å². The molecule has 1 N–H and O–H groups in total. The number of aliphatic hydroxyl groups is 1. The number of β-amino-alcohol motifs (C(OH)–C–C–N with tert-alkyl or cyclic N) is 1. The first-order valence-corrected chi connectivity index (χ1v) is 9.37. The molecular formula is C22H25NO5. The molecular weight excluding hydrogens is 358 g/mol. The number of aliphatic hydroxyl groups excluding tert-OH is 1. The van der Waals surface area contributed by atoms with E-state index in [-0.39, 0.29) is 25.5 Å². The van der Waals surface area contributed by atoms with Gasteiger partial charge in [-0.25, -0.2) is 4.79 Å². The second-order valence-electron chi connectivity index (χ2n) is 6.97. The second kappa shape index (κ2) is 9.48. The minimum Gasteiger partial charge on any atom is -0.445 e. The number of rotatable bonds is 6. The lowest BCUT2D eigenvalue weighted by atomic mass is 9.89. The van der Waals surface area contributed by atoms with Gasteiger partial charge in [-0.05, 0) is 11.1 Å². The fraction of sp³-hybridized carbons (Fsp3) is 0.364. The number of piperidine rings is 1. The van der Waals surface area contributed by atoms with E-state index < -0.39 is 24.2 Å². The summed E-state index contributed by atoms with van der Waals surface area (Å²) < 4.78 is 11.1. The second-order valence-corrected chi connectivity index (χ2v) is 6.97. The lowest BCUT2D eigenvalue weighted by molar-refractivity contribution is -0.140. The molecule has 3 atom stereocenters. The van der Waals surface area contributed by atoms with Gasteiger partial charge < -0.3 is 14.6 Å². The van der Waals surface area contributed by atoms with Crippen LogP contribution in [0.15, 0.2) is 60.7 Å². The third-order valence-electron chi connectivity index (χ3n) is 4.94. The molecule has 1 amide bonds. The van der Waals surface area contributed by atoms with Gasteiger partial charge in [0.25, 0.3) is 0 Å². The fourth-order valence-corrected chi connectivity index (χ4v) is 3.17. The maximum Gasteiger partial charge on any atom is 0.410 e. The van der Waals surface area contributed by atoms with E-state index in [1.54, 1.807) is 6.92 Å². The van der Waals surface area contributed by atoms with Crippen molar-refractivity contribution in [1.29, 1.82) is 0 Å². The molecule has 0 aliphatic carbocycles. The number of hydrogen-bond donors (Lipinski definition) is 1. The van der Waals surface area contributed by atoms with Gasteiger partial charge in [-0.2, -0.15) is 0 Å². The van der Waals surface area contributed by atoms with Crippen molar-refractivity contribution in [2.24, 2.45) is 5.92 Å². The number of ether oxygens (including phenoxy) is 2. The first-order valence-electron chi connectivity index (χ1n) is 9.37. The molecule has 148 valence electrons. The van der Waals surface area contributed by atoms with Crippen molar-refractivity contribution in [2.45, 2.75) is 32.3 Å². The first-order chi connectivity index (χ1) is 13.6. The van der Waals surface area contributed by atoms with E-state index in [1.807, 2.05) is 60.7 Å². The Morgan fingerprint density at radius 2 is 1.61 bits per heavy atom. The van der Waals surface area contributed by atoms with Crippen LogP contribution in [0.5, 0.6) is 0 Å². The predicted molar refractivity (Wildman–Crippen MR) is 103 cm³/mol. The van der Waals surface area contributed by atoms with Crippen molar-refractivity contribution in [3.63, 3.8) is 0 Å². The molecule has 28 heavy (non-hydrogen) atoms. The molecule has 0 bridgehead atoms. The lowest BCUT2D eigenvalue weighted by Crippen LogP contribution is -2.59. The van der Waals surface area contributed by atoms with E-state index >= 15 is 0 Å². The van der Waals surface area contributed by atoms with E-state index in [0.29, 0.717) is 6.61 Å². The maximum atomic E-state index is 12.7. The molecule has 1 heterocycles. The number of nitrogens with zero attached hydrogens (tertiary/aromatic N) is 1. The summed E-state index contributed by atoms with van der Waals surface area (Å²) in [6.45, 7) is 2.22. The number of benzene rings is 2. The van der Waals surface area contributed by atoms with Crippen molar-refractivity contribution in [3.8, 4) is 0 Å². The number of hydrogen-bond acceptors (Lipinski definition) is 5. The SMILES string of the molecule is CC1C(=O)[C@@H](COCc2ccccc2)N(C(=O)OCc2ccccc2)CC1O. The number of carbonyl (C=O) groups is 2. The monoisotopic (exact) mass is 383 g/mol. The van der Waals surface area contributed by atoms with Crippen molar-refractivity contribution >= 4 is 11.9 Å². The van der Waals surface area contributed by atoms with E-state index in [9.17, 15) is 14.7 Å². The summed E-state index contributed by atoms with van der Waals surface area (Å²) in [6.07, 6.45) is -1.54. The van der Waals surface area contributed by atoms with Gasteiger partial charge in [0.15, 0.2) is 5.78 Å². The van der Waals surface area contributed by atoms with Gasteiger partial charge in [0.2, 0.25) is 0 Å². The van der Waals surface area contributed by atoms with Gasteiger partial charge in [0, 0.05) is 5.92 Å². The van der Waals surface area contributed by atoms with Crippen LogP contribution in [0.1, 0.15) is 18.1 Å². The highest BCUT2D eigenvalue weighted by molar-refractivity contribution is 5.90. The zero-order valence-corrected chi connectivity index (χ0v) is 15.9. The van der Waals surface area contributed by atoms with Gasteiger partial charge in [-0.3, -0.25) is 9.69 Å². The molecule has 0 aromatic heterocycles. The van der Waals surface area contributed by atoms with Crippen LogP contribution in [0.25, 0.3) is 0 Å². The molecule has 2 aromatic carbocycles. The summed E-state index contributed by atoms with van der Waals surface area (Å²) in [5.74, 6) is -0.771. The number of likely N-dealkylation sites (tertiary alicyclic amines) is 1. The van der Waals surface area contributed by atoms with Crippen molar-refractivity contribution < 1.29 is 24.2 Å². The first kappa shape index (κ1) is 20.0. The molecule has 0 saturated carbocycles. The van der Waals surface area contributed by atoms with Crippen LogP contribution in [0, 0.1) is 5.92 Å².